The third-order valence-electron chi connectivity index (χ3n) is 5.21. The van der Waals surface area contributed by atoms with Crippen LogP contribution in [0.5, 0.6) is 5.75 Å². The summed E-state index contributed by atoms with van der Waals surface area (Å²) in [6.07, 6.45) is 4.93. The van der Waals surface area contributed by atoms with E-state index in [1.807, 2.05) is 37.3 Å². The Morgan fingerprint density at radius 2 is 2.16 bits per heavy atom. The van der Waals surface area contributed by atoms with E-state index in [9.17, 15) is 4.79 Å². The van der Waals surface area contributed by atoms with Crippen molar-refractivity contribution in [1.82, 2.24) is 24.9 Å². The van der Waals surface area contributed by atoms with Gasteiger partial charge in [0.25, 0.3) is 0 Å². The van der Waals surface area contributed by atoms with Gasteiger partial charge < -0.3 is 19.5 Å². The fourth-order valence-electron chi connectivity index (χ4n) is 3.49. The zero-order valence-corrected chi connectivity index (χ0v) is 17.8. The SMILES string of the molecule is COc1ccc(-c2cc3nc([C@@H](C)NC(=O)COCC4CCCCO4)nn3cn2)cc1. The number of rotatable bonds is 8. The van der Waals surface area contributed by atoms with Crippen molar-refractivity contribution >= 4 is 11.6 Å². The first-order valence-electron chi connectivity index (χ1n) is 10.5. The quantitative estimate of drug-likeness (QED) is 0.592. The van der Waals surface area contributed by atoms with Gasteiger partial charge in [-0.15, -0.1) is 5.10 Å². The van der Waals surface area contributed by atoms with Crippen molar-refractivity contribution < 1.29 is 19.0 Å². The summed E-state index contributed by atoms with van der Waals surface area (Å²) in [5.41, 5.74) is 2.39. The predicted octanol–water partition coefficient (Wildman–Crippen LogP) is 2.56. The molecule has 2 atom stereocenters. The fraction of sp³-hybridized carbons (Fsp3) is 0.455. The van der Waals surface area contributed by atoms with Crippen LogP contribution in [0, 0.1) is 0 Å². The number of aromatic nitrogens is 4. The Labute approximate surface area is 180 Å². The predicted molar refractivity (Wildman–Crippen MR) is 114 cm³/mol. The molecule has 1 unspecified atom stereocenters. The first-order chi connectivity index (χ1) is 15.1. The fourth-order valence-corrected chi connectivity index (χ4v) is 3.49. The molecule has 3 heterocycles. The van der Waals surface area contributed by atoms with Crippen molar-refractivity contribution in [3.05, 3.63) is 42.5 Å². The number of benzene rings is 1. The molecule has 0 bridgehead atoms. The molecule has 1 N–H and O–H groups in total. The summed E-state index contributed by atoms with van der Waals surface area (Å²) >= 11 is 0. The molecule has 1 amide bonds. The number of ether oxygens (including phenoxy) is 3. The Morgan fingerprint density at radius 1 is 1.32 bits per heavy atom. The van der Waals surface area contributed by atoms with Gasteiger partial charge in [-0.25, -0.2) is 14.5 Å². The molecule has 0 spiro atoms. The van der Waals surface area contributed by atoms with Crippen molar-refractivity contribution in [2.24, 2.45) is 0 Å². The topological polar surface area (TPSA) is 99.9 Å². The standard InChI is InChI=1S/C22H27N5O4/c1-15(24-21(28)13-30-12-18-5-3-4-10-31-18)22-25-20-11-19(23-14-27(20)26-22)16-6-8-17(29-2)9-7-16/h6-9,11,14-15,18H,3-5,10,12-13H2,1-2H3,(H,24,28)/t15-,18?/m1/s1. The van der Waals surface area contributed by atoms with Crippen molar-refractivity contribution in [3.8, 4) is 17.0 Å². The summed E-state index contributed by atoms with van der Waals surface area (Å²) in [4.78, 5) is 21.2. The number of fused-ring (bicyclic) bond motifs is 1. The van der Waals surface area contributed by atoms with Crippen LogP contribution >= 0.6 is 0 Å². The number of amides is 1. The number of nitrogens with one attached hydrogen (secondary N) is 1. The smallest absolute Gasteiger partial charge is 0.246 e. The molecule has 2 aromatic heterocycles. The largest absolute Gasteiger partial charge is 0.497 e. The lowest BCUT2D eigenvalue weighted by Gasteiger charge is -2.22. The maximum absolute atomic E-state index is 12.2. The highest BCUT2D eigenvalue weighted by molar-refractivity contribution is 5.77. The highest BCUT2D eigenvalue weighted by atomic mass is 16.5. The summed E-state index contributed by atoms with van der Waals surface area (Å²) in [7, 11) is 1.63. The summed E-state index contributed by atoms with van der Waals surface area (Å²) in [5, 5.41) is 7.31. The van der Waals surface area contributed by atoms with Gasteiger partial charge in [0.05, 0.1) is 31.6 Å². The van der Waals surface area contributed by atoms with E-state index < -0.39 is 0 Å². The van der Waals surface area contributed by atoms with E-state index >= 15 is 0 Å². The average Bonchev–Trinajstić information content (AvgIpc) is 3.23. The van der Waals surface area contributed by atoms with Gasteiger partial charge in [-0.2, -0.15) is 0 Å². The van der Waals surface area contributed by atoms with Crippen LogP contribution in [0.25, 0.3) is 16.9 Å². The summed E-state index contributed by atoms with van der Waals surface area (Å²) in [5.74, 6) is 1.09. The minimum atomic E-state index is -0.355. The maximum atomic E-state index is 12.2. The van der Waals surface area contributed by atoms with E-state index in [1.54, 1.807) is 18.0 Å². The first kappa shape index (κ1) is 21.2. The molecular formula is C22H27N5O4. The Bertz CT molecular complexity index is 1010. The Hall–Kier alpha value is -3.04. The van der Waals surface area contributed by atoms with Crippen LogP contribution in [0.1, 0.15) is 38.1 Å². The second kappa shape index (κ2) is 9.84. The molecule has 0 radical (unpaired) electrons. The molecular weight excluding hydrogens is 398 g/mol. The maximum Gasteiger partial charge on any atom is 0.246 e. The Morgan fingerprint density at radius 3 is 2.90 bits per heavy atom. The van der Waals surface area contributed by atoms with Crippen LogP contribution in [0.2, 0.25) is 0 Å². The monoisotopic (exact) mass is 425 g/mol. The van der Waals surface area contributed by atoms with Crippen LogP contribution < -0.4 is 10.1 Å². The van der Waals surface area contributed by atoms with Gasteiger partial charge in [-0.3, -0.25) is 4.79 Å². The zero-order valence-electron chi connectivity index (χ0n) is 17.8. The second-order valence-corrected chi connectivity index (χ2v) is 7.57. The summed E-state index contributed by atoms with van der Waals surface area (Å²) < 4.78 is 17.9. The average molecular weight is 425 g/mol. The Kier molecular flexibility index (Phi) is 6.73. The van der Waals surface area contributed by atoms with E-state index in [1.165, 1.54) is 0 Å². The second-order valence-electron chi connectivity index (χ2n) is 7.57. The molecule has 0 saturated carbocycles. The number of methoxy groups -OCH3 is 1. The van der Waals surface area contributed by atoms with Crippen LogP contribution in [-0.4, -0.2) is 58.5 Å². The molecule has 1 aliphatic heterocycles. The molecule has 1 aliphatic rings. The molecule has 1 saturated heterocycles. The third-order valence-corrected chi connectivity index (χ3v) is 5.21. The number of nitrogens with zero attached hydrogens (tertiary/aromatic N) is 4. The van der Waals surface area contributed by atoms with Crippen LogP contribution in [0.4, 0.5) is 0 Å². The number of hydrogen-bond donors (Lipinski definition) is 1. The van der Waals surface area contributed by atoms with Crippen LogP contribution in [0.3, 0.4) is 0 Å². The first-order valence-corrected chi connectivity index (χ1v) is 10.5. The van der Waals surface area contributed by atoms with Gasteiger partial charge in [0.1, 0.15) is 18.7 Å². The highest BCUT2D eigenvalue weighted by Crippen LogP contribution is 2.21. The van der Waals surface area contributed by atoms with Crippen molar-refractivity contribution in [2.75, 3.05) is 26.9 Å². The van der Waals surface area contributed by atoms with Crippen molar-refractivity contribution in [1.29, 1.82) is 0 Å². The molecule has 31 heavy (non-hydrogen) atoms. The minimum Gasteiger partial charge on any atom is -0.497 e. The van der Waals surface area contributed by atoms with Crippen molar-refractivity contribution in [3.63, 3.8) is 0 Å². The van der Waals surface area contributed by atoms with E-state index in [0.717, 1.165) is 42.9 Å². The molecule has 3 aromatic rings. The summed E-state index contributed by atoms with van der Waals surface area (Å²) in [6, 6.07) is 9.16. The molecule has 9 nitrogen and oxygen atoms in total. The van der Waals surface area contributed by atoms with E-state index in [2.05, 4.69) is 20.4 Å². The molecule has 164 valence electrons. The molecule has 0 aliphatic carbocycles. The third kappa shape index (κ3) is 5.36. The lowest BCUT2D eigenvalue weighted by Crippen LogP contribution is -2.32. The van der Waals surface area contributed by atoms with E-state index in [0.29, 0.717) is 18.1 Å². The number of carbonyl (C=O) groups is 1. The summed E-state index contributed by atoms with van der Waals surface area (Å²) in [6.45, 7) is 3.04. The van der Waals surface area contributed by atoms with E-state index in [4.69, 9.17) is 14.2 Å². The van der Waals surface area contributed by atoms with Crippen molar-refractivity contribution in [2.45, 2.75) is 38.3 Å². The van der Waals surface area contributed by atoms with E-state index in [-0.39, 0.29) is 24.7 Å². The van der Waals surface area contributed by atoms with Gasteiger partial charge in [0.2, 0.25) is 5.91 Å². The minimum absolute atomic E-state index is 0.0132. The van der Waals surface area contributed by atoms with Gasteiger partial charge in [-0.05, 0) is 50.5 Å². The lowest BCUT2D eigenvalue weighted by atomic mass is 10.1. The molecule has 9 heteroatoms. The van der Waals surface area contributed by atoms with Crippen LogP contribution in [0.15, 0.2) is 36.7 Å². The van der Waals surface area contributed by atoms with Gasteiger partial charge in [-0.1, -0.05) is 0 Å². The molecule has 4 rings (SSSR count). The molecule has 1 fully saturated rings. The highest BCUT2D eigenvalue weighted by Gasteiger charge is 2.17. The normalized spacial score (nSPS) is 17.4. The van der Waals surface area contributed by atoms with Gasteiger partial charge in [0, 0.05) is 18.2 Å². The van der Waals surface area contributed by atoms with Crippen LogP contribution in [-0.2, 0) is 14.3 Å². The molecule has 1 aromatic carbocycles. The lowest BCUT2D eigenvalue weighted by molar-refractivity contribution is -0.128. The van der Waals surface area contributed by atoms with Gasteiger partial charge in [0.15, 0.2) is 11.5 Å². The number of hydrogen-bond acceptors (Lipinski definition) is 7. The zero-order chi connectivity index (χ0) is 21.6. The van der Waals surface area contributed by atoms with Gasteiger partial charge >= 0.3 is 0 Å². The number of carbonyl (C=O) groups excluding carboxylic acids is 1. The Balaban J connectivity index is 1.35.